The lowest BCUT2D eigenvalue weighted by Crippen LogP contribution is -2.36. The first kappa shape index (κ1) is 19.3. The molecule has 0 fully saturated rings. The second kappa shape index (κ2) is 9.46. The first-order valence-electron chi connectivity index (χ1n) is 8.57. The summed E-state index contributed by atoms with van der Waals surface area (Å²) in [6.07, 6.45) is -1.03. The standard InChI is InChI=1S/C20H24N2O4/c1-4-25-19(23)21-16-9-8-12-18(13-16)26-20(24)22(14-15(2)3)17-10-6-5-7-11-17/h5-13,15H,4,14H2,1-3H3,(H,21,23). The minimum Gasteiger partial charge on any atom is -0.450 e. The molecule has 0 saturated heterocycles. The molecule has 0 radical (unpaired) electrons. The van der Waals surface area contributed by atoms with Gasteiger partial charge in [0.05, 0.1) is 6.61 Å². The number of hydrogen-bond acceptors (Lipinski definition) is 4. The van der Waals surface area contributed by atoms with Gasteiger partial charge in [0.1, 0.15) is 5.75 Å². The molecule has 0 saturated carbocycles. The van der Waals surface area contributed by atoms with Gasteiger partial charge in [0, 0.05) is 24.0 Å². The number of hydrogen-bond donors (Lipinski definition) is 1. The quantitative estimate of drug-likeness (QED) is 0.798. The number of para-hydroxylation sites is 1. The average molecular weight is 356 g/mol. The van der Waals surface area contributed by atoms with Crippen LogP contribution < -0.4 is 15.0 Å². The molecule has 0 atom stereocenters. The minimum atomic E-state index is -0.554. The van der Waals surface area contributed by atoms with Gasteiger partial charge in [-0.25, -0.2) is 9.59 Å². The Kier molecular flexibility index (Phi) is 7.02. The molecule has 1 N–H and O–H groups in total. The molecule has 0 aliphatic rings. The zero-order valence-electron chi connectivity index (χ0n) is 15.3. The first-order chi connectivity index (χ1) is 12.5. The van der Waals surface area contributed by atoms with E-state index in [0.717, 1.165) is 5.69 Å². The molecular weight excluding hydrogens is 332 g/mol. The van der Waals surface area contributed by atoms with Gasteiger partial charge in [-0.1, -0.05) is 38.1 Å². The van der Waals surface area contributed by atoms with Crippen LogP contribution in [0.2, 0.25) is 0 Å². The number of ether oxygens (including phenoxy) is 2. The van der Waals surface area contributed by atoms with E-state index >= 15 is 0 Å². The first-order valence-corrected chi connectivity index (χ1v) is 8.57. The van der Waals surface area contributed by atoms with Crippen LogP contribution in [-0.4, -0.2) is 25.3 Å². The van der Waals surface area contributed by atoms with Gasteiger partial charge in [-0.05, 0) is 37.1 Å². The number of amides is 2. The number of carbonyl (C=O) groups excluding carboxylic acids is 2. The summed E-state index contributed by atoms with van der Waals surface area (Å²) in [5, 5.41) is 2.58. The molecular formula is C20H24N2O4. The zero-order valence-corrected chi connectivity index (χ0v) is 15.3. The van der Waals surface area contributed by atoms with Crippen molar-refractivity contribution in [2.75, 3.05) is 23.4 Å². The summed E-state index contributed by atoms with van der Waals surface area (Å²) >= 11 is 0. The van der Waals surface area contributed by atoms with E-state index in [-0.39, 0.29) is 12.5 Å². The predicted octanol–water partition coefficient (Wildman–Crippen LogP) is 4.92. The van der Waals surface area contributed by atoms with Crippen molar-refractivity contribution in [3.8, 4) is 5.75 Å². The van der Waals surface area contributed by atoms with Gasteiger partial charge in [0.2, 0.25) is 0 Å². The number of anilines is 2. The van der Waals surface area contributed by atoms with Crippen molar-refractivity contribution in [3.63, 3.8) is 0 Å². The van der Waals surface area contributed by atoms with Crippen molar-refractivity contribution in [2.24, 2.45) is 5.92 Å². The molecule has 2 aromatic carbocycles. The predicted molar refractivity (Wildman–Crippen MR) is 102 cm³/mol. The highest BCUT2D eigenvalue weighted by Gasteiger charge is 2.19. The second-order valence-electron chi connectivity index (χ2n) is 6.08. The Morgan fingerprint density at radius 1 is 1.08 bits per heavy atom. The fraction of sp³-hybridized carbons (Fsp3) is 0.300. The molecule has 0 heterocycles. The summed E-state index contributed by atoms with van der Waals surface area (Å²) in [5.41, 5.74) is 1.26. The van der Waals surface area contributed by atoms with E-state index in [1.165, 1.54) is 0 Å². The second-order valence-corrected chi connectivity index (χ2v) is 6.08. The number of rotatable bonds is 6. The van der Waals surface area contributed by atoms with Crippen LogP contribution in [0.25, 0.3) is 0 Å². The van der Waals surface area contributed by atoms with Crippen LogP contribution in [0.5, 0.6) is 5.75 Å². The number of nitrogens with zero attached hydrogens (tertiary/aromatic N) is 1. The van der Waals surface area contributed by atoms with Crippen molar-refractivity contribution in [2.45, 2.75) is 20.8 Å². The van der Waals surface area contributed by atoms with Gasteiger partial charge >= 0.3 is 12.2 Å². The molecule has 6 heteroatoms. The monoisotopic (exact) mass is 356 g/mol. The van der Waals surface area contributed by atoms with Crippen LogP contribution in [0.3, 0.4) is 0 Å². The fourth-order valence-corrected chi connectivity index (χ4v) is 2.34. The maximum absolute atomic E-state index is 12.7. The third-order valence-electron chi connectivity index (χ3n) is 3.40. The van der Waals surface area contributed by atoms with Crippen LogP contribution >= 0.6 is 0 Å². The fourth-order valence-electron chi connectivity index (χ4n) is 2.34. The van der Waals surface area contributed by atoms with E-state index < -0.39 is 12.2 Å². The molecule has 26 heavy (non-hydrogen) atoms. The van der Waals surface area contributed by atoms with Crippen molar-refractivity contribution < 1.29 is 19.1 Å². The zero-order chi connectivity index (χ0) is 18.9. The van der Waals surface area contributed by atoms with E-state index in [1.807, 2.05) is 44.2 Å². The minimum absolute atomic E-state index is 0.277. The molecule has 0 bridgehead atoms. The van der Waals surface area contributed by atoms with Gasteiger partial charge < -0.3 is 9.47 Å². The number of carbonyl (C=O) groups is 2. The molecule has 0 aromatic heterocycles. The van der Waals surface area contributed by atoms with Gasteiger partial charge in [-0.2, -0.15) is 0 Å². The van der Waals surface area contributed by atoms with E-state index in [9.17, 15) is 9.59 Å². The van der Waals surface area contributed by atoms with Gasteiger partial charge in [-0.15, -0.1) is 0 Å². The molecule has 6 nitrogen and oxygen atoms in total. The van der Waals surface area contributed by atoms with Gasteiger partial charge in [-0.3, -0.25) is 10.2 Å². The Morgan fingerprint density at radius 3 is 2.46 bits per heavy atom. The van der Waals surface area contributed by atoms with Crippen molar-refractivity contribution in [1.29, 1.82) is 0 Å². The van der Waals surface area contributed by atoms with Crippen LogP contribution in [0.4, 0.5) is 21.0 Å². The Morgan fingerprint density at radius 2 is 1.81 bits per heavy atom. The Balaban J connectivity index is 2.12. The van der Waals surface area contributed by atoms with E-state index in [2.05, 4.69) is 5.32 Å². The highest BCUT2D eigenvalue weighted by molar-refractivity contribution is 5.89. The highest BCUT2D eigenvalue weighted by Crippen LogP contribution is 2.21. The summed E-state index contributed by atoms with van der Waals surface area (Å²) in [7, 11) is 0. The lowest BCUT2D eigenvalue weighted by atomic mass is 10.2. The number of nitrogens with one attached hydrogen (secondary N) is 1. The van der Waals surface area contributed by atoms with Crippen LogP contribution in [0.1, 0.15) is 20.8 Å². The molecule has 2 amide bonds. The Labute approximate surface area is 153 Å². The third kappa shape index (κ3) is 5.81. The van der Waals surface area contributed by atoms with E-state index in [1.54, 1.807) is 36.1 Å². The summed E-state index contributed by atoms with van der Waals surface area (Å²) in [5.74, 6) is 0.619. The lowest BCUT2D eigenvalue weighted by Gasteiger charge is -2.24. The maximum atomic E-state index is 12.7. The molecule has 0 aliphatic heterocycles. The summed E-state index contributed by atoms with van der Waals surface area (Å²) < 4.78 is 10.3. The molecule has 2 aromatic rings. The molecule has 138 valence electrons. The molecule has 2 rings (SSSR count). The Hall–Kier alpha value is -3.02. The van der Waals surface area contributed by atoms with Gasteiger partial charge in [0.15, 0.2) is 0 Å². The van der Waals surface area contributed by atoms with Gasteiger partial charge in [0.25, 0.3) is 0 Å². The normalized spacial score (nSPS) is 10.3. The summed E-state index contributed by atoms with van der Waals surface area (Å²) in [4.78, 5) is 25.8. The van der Waals surface area contributed by atoms with Crippen LogP contribution in [-0.2, 0) is 4.74 Å². The molecule has 0 aliphatic carbocycles. The van der Waals surface area contributed by atoms with Crippen LogP contribution in [0, 0.1) is 5.92 Å². The van der Waals surface area contributed by atoms with Crippen LogP contribution in [0.15, 0.2) is 54.6 Å². The smallest absolute Gasteiger partial charge is 0.419 e. The SMILES string of the molecule is CCOC(=O)Nc1cccc(OC(=O)N(CC(C)C)c2ccccc2)c1. The molecule has 0 spiro atoms. The number of benzene rings is 2. The summed E-state index contributed by atoms with van der Waals surface area (Å²) in [6, 6.07) is 16.0. The van der Waals surface area contributed by atoms with Crippen molar-refractivity contribution in [3.05, 3.63) is 54.6 Å². The van der Waals surface area contributed by atoms with Crippen molar-refractivity contribution >= 4 is 23.6 Å². The highest BCUT2D eigenvalue weighted by atomic mass is 16.6. The average Bonchev–Trinajstić information content (AvgIpc) is 2.60. The summed E-state index contributed by atoms with van der Waals surface area (Å²) in [6.45, 7) is 6.61. The van der Waals surface area contributed by atoms with Crippen molar-refractivity contribution in [1.82, 2.24) is 0 Å². The third-order valence-corrected chi connectivity index (χ3v) is 3.40. The van der Waals surface area contributed by atoms with E-state index in [4.69, 9.17) is 9.47 Å². The largest absolute Gasteiger partial charge is 0.450 e. The Bertz CT molecular complexity index is 732. The molecule has 0 unspecified atom stereocenters. The maximum Gasteiger partial charge on any atom is 0.419 e. The lowest BCUT2D eigenvalue weighted by molar-refractivity contribution is 0.168. The topological polar surface area (TPSA) is 67.9 Å². The van der Waals surface area contributed by atoms with E-state index in [0.29, 0.717) is 18.0 Å².